The molecular formula is C19H24N8O. The fourth-order valence-electron chi connectivity index (χ4n) is 3.75. The summed E-state index contributed by atoms with van der Waals surface area (Å²) in [5.41, 5.74) is 1.95. The highest BCUT2D eigenvalue weighted by Gasteiger charge is 2.22. The summed E-state index contributed by atoms with van der Waals surface area (Å²) >= 11 is 0. The molecule has 0 saturated carbocycles. The van der Waals surface area contributed by atoms with Crippen molar-refractivity contribution in [2.24, 2.45) is 0 Å². The maximum absolute atomic E-state index is 5.50. The van der Waals surface area contributed by atoms with Crippen LogP contribution in [0.3, 0.4) is 0 Å². The van der Waals surface area contributed by atoms with E-state index in [2.05, 4.69) is 26.2 Å². The van der Waals surface area contributed by atoms with E-state index >= 15 is 0 Å². The van der Waals surface area contributed by atoms with Crippen LogP contribution in [-0.2, 0) is 4.74 Å². The minimum absolute atomic E-state index is 0.622. The summed E-state index contributed by atoms with van der Waals surface area (Å²) in [5, 5.41) is 3.38. The van der Waals surface area contributed by atoms with Crippen molar-refractivity contribution >= 4 is 22.9 Å². The van der Waals surface area contributed by atoms with Crippen LogP contribution >= 0.6 is 0 Å². The number of anilines is 2. The van der Waals surface area contributed by atoms with Gasteiger partial charge in [0.25, 0.3) is 0 Å². The number of imidazole rings is 1. The normalized spacial score (nSPS) is 18.0. The number of aromatic nitrogens is 5. The number of ether oxygens (including phenoxy) is 1. The van der Waals surface area contributed by atoms with Gasteiger partial charge in [-0.15, -0.1) is 0 Å². The first kappa shape index (κ1) is 17.3. The first-order valence-corrected chi connectivity index (χ1v) is 9.78. The molecule has 2 saturated heterocycles. The van der Waals surface area contributed by atoms with Crippen LogP contribution in [0, 0.1) is 6.92 Å². The SMILES string of the molecule is Cc1nc2ccccc2n1-c1nc(N2CCNCC2)nc(N2CCOCC2)n1. The molecule has 0 bridgehead atoms. The molecule has 2 fully saturated rings. The Labute approximate surface area is 163 Å². The third kappa shape index (κ3) is 3.16. The van der Waals surface area contributed by atoms with Gasteiger partial charge in [-0.2, -0.15) is 15.0 Å². The average Bonchev–Trinajstić information content (AvgIpc) is 3.10. The molecule has 0 amide bonds. The molecule has 2 aliphatic heterocycles. The quantitative estimate of drug-likeness (QED) is 0.713. The Morgan fingerprint density at radius 1 is 0.821 bits per heavy atom. The van der Waals surface area contributed by atoms with E-state index < -0.39 is 0 Å². The molecule has 28 heavy (non-hydrogen) atoms. The zero-order chi connectivity index (χ0) is 18.9. The van der Waals surface area contributed by atoms with E-state index in [9.17, 15) is 0 Å². The monoisotopic (exact) mass is 380 g/mol. The summed E-state index contributed by atoms with van der Waals surface area (Å²) in [6.07, 6.45) is 0. The molecule has 1 N–H and O–H groups in total. The van der Waals surface area contributed by atoms with Crippen molar-refractivity contribution in [2.75, 3.05) is 62.3 Å². The maximum atomic E-state index is 5.50. The Hall–Kier alpha value is -2.78. The number of hydrogen-bond acceptors (Lipinski definition) is 8. The zero-order valence-electron chi connectivity index (χ0n) is 16.0. The summed E-state index contributed by atoms with van der Waals surface area (Å²) < 4.78 is 7.52. The third-order valence-electron chi connectivity index (χ3n) is 5.22. The molecule has 0 radical (unpaired) electrons. The lowest BCUT2D eigenvalue weighted by molar-refractivity contribution is 0.122. The number of nitrogens with zero attached hydrogens (tertiary/aromatic N) is 7. The van der Waals surface area contributed by atoms with Gasteiger partial charge in [-0.25, -0.2) is 4.98 Å². The van der Waals surface area contributed by atoms with Gasteiger partial charge in [0.05, 0.1) is 24.2 Å². The molecule has 0 spiro atoms. The van der Waals surface area contributed by atoms with Crippen LogP contribution in [0.1, 0.15) is 5.82 Å². The van der Waals surface area contributed by atoms with Crippen LogP contribution in [-0.4, -0.2) is 77.0 Å². The average molecular weight is 380 g/mol. The fraction of sp³-hybridized carbons (Fsp3) is 0.474. The lowest BCUT2D eigenvalue weighted by Gasteiger charge is -2.30. The maximum Gasteiger partial charge on any atom is 0.242 e. The molecule has 2 aromatic heterocycles. The second-order valence-electron chi connectivity index (χ2n) is 7.06. The van der Waals surface area contributed by atoms with E-state index in [1.165, 1.54) is 0 Å². The highest BCUT2D eigenvalue weighted by Crippen LogP contribution is 2.23. The topological polar surface area (TPSA) is 84.2 Å². The van der Waals surface area contributed by atoms with Crippen LogP contribution in [0.4, 0.5) is 11.9 Å². The largest absolute Gasteiger partial charge is 0.378 e. The molecule has 0 unspecified atom stereocenters. The van der Waals surface area contributed by atoms with Gasteiger partial charge >= 0.3 is 0 Å². The highest BCUT2D eigenvalue weighted by molar-refractivity contribution is 5.77. The molecule has 0 atom stereocenters. The minimum atomic E-state index is 0.622. The van der Waals surface area contributed by atoms with E-state index in [4.69, 9.17) is 19.7 Å². The number of piperazine rings is 1. The van der Waals surface area contributed by atoms with Crippen LogP contribution in [0.15, 0.2) is 24.3 Å². The number of rotatable bonds is 3. The second-order valence-corrected chi connectivity index (χ2v) is 7.06. The van der Waals surface area contributed by atoms with E-state index in [1.807, 2.05) is 29.7 Å². The molecule has 9 nitrogen and oxygen atoms in total. The molecule has 2 aliphatic rings. The lowest BCUT2D eigenvalue weighted by Crippen LogP contribution is -2.45. The predicted octanol–water partition coefficient (Wildman–Crippen LogP) is 0.765. The van der Waals surface area contributed by atoms with Gasteiger partial charge in [0, 0.05) is 39.3 Å². The molecular weight excluding hydrogens is 356 g/mol. The first-order chi connectivity index (χ1) is 13.8. The molecule has 146 valence electrons. The van der Waals surface area contributed by atoms with Crippen molar-refractivity contribution in [2.45, 2.75) is 6.92 Å². The molecule has 1 aromatic carbocycles. The number of fused-ring (bicyclic) bond motifs is 1. The van der Waals surface area contributed by atoms with E-state index in [1.54, 1.807) is 0 Å². The standard InChI is InChI=1S/C19H24N8O/c1-14-21-15-4-2-3-5-16(15)27(14)19-23-17(25-8-6-20-7-9-25)22-18(24-19)26-10-12-28-13-11-26/h2-5,20H,6-13H2,1H3. The molecule has 5 rings (SSSR count). The molecule has 9 heteroatoms. The van der Waals surface area contributed by atoms with Crippen molar-refractivity contribution in [3.63, 3.8) is 0 Å². The summed E-state index contributed by atoms with van der Waals surface area (Å²) in [7, 11) is 0. The van der Waals surface area contributed by atoms with Gasteiger partial charge in [-0.3, -0.25) is 4.57 Å². The predicted molar refractivity (Wildman–Crippen MR) is 107 cm³/mol. The van der Waals surface area contributed by atoms with Crippen molar-refractivity contribution < 1.29 is 4.74 Å². The second kappa shape index (κ2) is 7.33. The summed E-state index contributed by atoms with van der Waals surface area (Å²) in [4.78, 5) is 23.6. The van der Waals surface area contributed by atoms with Gasteiger partial charge in [0.2, 0.25) is 17.8 Å². The van der Waals surface area contributed by atoms with Crippen LogP contribution in [0.2, 0.25) is 0 Å². The molecule has 4 heterocycles. The van der Waals surface area contributed by atoms with Crippen LogP contribution in [0.5, 0.6) is 0 Å². The van der Waals surface area contributed by atoms with Crippen LogP contribution < -0.4 is 15.1 Å². The van der Waals surface area contributed by atoms with Gasteiger partial charge in [0.15, 0.2) is 0 Å². The van der Waals surface area contributed by atoms with Gasteiger partial charge in [0.1, 0.15) is 5.82 Å². The Balaban J connectivity index is 1.64. The number of nitrogens with one attached hydrogen (secondary N) is 1. The number of aryl methyl sites for hydroxylation is 1. The van der Waals surface area contributed by atoms with Crippen molar-refractivity contribution in [3.05, 3.63) is 30.1 Å². The summed E-state index contributed by atoms with van der Waals surface area (Å²) in [6.45, 7) is 8.58. The first-order valence-electron chi connectivity index (χ1n) is 9.78. The van der Waals surface area contributed by atoms with Crippen molar-refractivity contribution in [3.8, 4) is 5.95 Å². The Kier molecular flexibility index (Phi) is 4.53. The number of para-hydroxylation sites is 2. The Morgan fingerprint density at radius 3 is 2.21 bits per heavy atom. The van der Waals surface area contributed by atoms with E-state index in [-0.39, 0.29) is 0 Å². The van der Waals surface area contributed by atoms with E-state index in [0.717, 1.165) is 62.1 Å². The number of hydrogen-bond donors (Lipinski definition) is 1. The summed E-state index contributed by atoms with van der Waals surface area (Å²) in [6, 6.07) is 8.08. The molecule has 3 aromatic rings. The third-order valence-corrected chi connectivity index (χ3v) is 5.22. The Bertz CT molecular complexity index is 939. The zero-order valence-corrected chi connectivity index (χ0v) is 16.0. The minimum Gasteiger partial charge on any atom is -0.378 e. The van der Waals surface area contributed by atoms with Crippen LogP contribution in [0.25, 0.3) is 17.0 Å². The van der Waals surface area contributed by atoms with Gasteiger partial charge < -0.3 is 19.9 Å². The van der Waals surface area contributed by atoms with Gasteiger partial charge in [-0.1, -0.05) is 12.1 Å². The highest BCUT2D eigenvalue weighted by atomic mass is 16.5. The molecule has 0 aliphatic carbocycles. The van der Waals surface area contributed by atoms with Crippen molar-refractivity contribution in [1.29, 1.82) is 0 Å². The number of benzene rings is 1. The van der Waals surface area contributed by atoms with E-state index in [0.29, 0.717) is 25.1 Å². The summed E-state index contributed by atoms with van der Waals surface area (Å²) in [5.74, 6) is 2.92. The Morgan fingerprint density at radius 2 is 1.46 bits per heavy atom. The lowest BCUT2D eigenvalue weighted by atomic mass is 10.3. The number of morpholine rings is 1. The smallest absolute Gasteiger partial charge is 0.242 e. The van der Waals surface area contributed by atoms with Gasteiger partial charge in [-0.05, 0) is 19.1 Å². The van der Waals surface area contributed by atoms with Crippen molar-refractivity contribution in [1.82, 2.24) is 29.8 Å². The fourth-order valence-corrected chi connectivity index (χ4v) is 3.75.